The Hall–Kier alpha value is -2.71. The van der Waals surface area contributed by atoms with Crippen LogP contribution in [0.3, 0.4) is 0 Å². The lowest BCUT2D eigenvalue weighted by molar-refractivity contribution is -0.117. The Balaban J connectivity index is 1.67. The Morgan fingerprint density at radius 3 is 2.64 bits per heavy atom. The van der Waals surface area contributed by atoms with Gasteiger partial charge in [0.05, 0.1) is 4.90 Å². The van der Waals surface area contributed by atoms with Crippen molar-refractivity contribution in [3.63, 3.8) is 0 Å². The van der Waals surface area contributed by atoms with Gasteiger partial charge in [-0.1, -0.05) is 19.6 Å². The van der Waals surface area contributed by atoms with Crippen LogP contribution < -0.4 is 10.1 Å². The smallest absolute Gasteiger partial charge is 0.243 e. The van der Waals surface area contributed by atoms with E-state index in [4.69, 9.17) is 4.74 Å². The Labute approximate surface area is 165 Å². The fraction of sp³-hybridized carbons (Fsp3) is 0.300. The normalized spacial score (nSPS) is 20.3. The number of carbonyl (C=O) groups is 1. The molecule has 1 fully saturated rings. The summed E-state index contributed by atoms with van der Waals surface area (Å²) in [6.07, 6.45) is 3.40. The lowest BCUT2D eigenvalue weighted by atomic mass is 9.95. The number of sulfonamides is 1. The molecule has 1 aliphatic heterocycles. The Morgan fingerprint density at radius 1 is 1.29 bits per heavy atom. The lowest BCUT2D eigenvalue weighted by Crippen LogP contribution is -2.51. The summed E-state index contributed by atoms with van der Waals surface area (Å²) in [6.45, 7) is 6.07. The van der Waals surface area contributed by atoms with Gasteiger partial charge >= 0.3 is 0 Å². The molecule has 28 heavy (non-hydrogen) atoms. The van der Waals surface area contributed by atoms with Crippen LogP contribution in [0.1, 0.15) is 13.3 Å². The molecule has 1 aliphatic rings. The number of ether oxygens (including phenoxy) is 1. The van der Waals surface area contributed by atoms with Crippen LogP contribution in [0.2, 0.25) is 0 Å². The molecule has 0 spiro atoms. The minimum atomic E-state index is -3.61. The fourth-order valence-corrected chi connectivity index (χ4v) is 4.69. The summed E-state index contributed by atoms with van der Waals surface area (Å²) in [6, 6.07) is 11.5. The summed E-state index contributed by atoms with van der Waals surface area (Å²) in [5.74, 6) is 0.711. The number of carbonyl (C=O) groups excluding carboxylic acids is 1. The zero-order chi connectivity index (χ0) is 20.1. The van der Waals surface area contributed by atoms with Crippen molar-refractivity contribution < 1.29 is 17.9 Å². The van der Waals surface area contributed by atoms with Crippen molar-refractivity contribution in [1.29, 1.82) is 0 Å². The summed E-state index contributed by atoms with van der Waals surface area (Å²) in [5.41, 5.74) is 0. The van der Waals surface area contributed by atoms with Gasteiger partial charge in [-0.3, -0.25) is 4.79 Å². The van der Waals surface area contributed by atoms with Crippen molar-refractivity contribution >= 4 is 15.9 Å². The van der Waals surface area contributed by atoms with E-state index in [2.05, 4.69) is 16.9 Å². The van der Waals surface area contributed by atoms with Gasteiger partial charge in [0.25, 0.3) is 0 Å². The zero-order valence-corrected chi connectivity index (χ0v) is 16.4. The van der Waals surface area contributed by atoms with E-state index in [1.807, 2.05) is 13.0 Å². The number of pyridine rings is 1. The van der Waals surface area contributed by atoms with Gasteiger partial charge in [-0.05, 0) is 48.7 Å². The number of nitrogens with zero attached hydrogens (tertiary/aromatic N) is 2. The number of benzene rings is 1. The molecule has 2 aromatic rings. The predicted octanol–water partition coefficient (Wildman–Crippen LogP) is 2.58. The SMILES string of the molecule is C=CC(=O)NC1CCN(S(=O)(=O)c2ccc(Oc3ccccn3)cc2)CC1C. The molecular weight excluding hydrogens is 378 g/mol. The van der Waals surface area contributed by atoms with Crippen LogP contribution >= 0.6 is 0 Å². The van der Waals surface area contributed by atoms with Gasteiger partial charge in [0.2, 0.25) is 21.8 Å². The molecule has 2 atom stereocenters. The zero-order valence-electron chi connectivity index (χ0n) is 15.6. The van der Waals surface area contributed by atoms with E-state index in [0.717, 1.165) is 0 Å². The van der Waals surface area contributed by atoms with Crippen LogP contribution in [0.4, 0.5) is 0 Å². The maximum Gasteiger partial charge on any atom is 0.243 e. The molecule has 7 nitrogen and oxygen atoms in total. The second kappa shape index (κ2) is 8.53. The highest BCUT2D eigenvalue weighted by atomic mass is 32.2. The van der Waals surface area contributed by atoms with Crippen LogP contribution in [0.25, 0.3) is 0 Å². The van der Waals surface area contributed by atoms with E-state index >= 15 is 0 Å². The van der Waals surface area contributed by atoms with Crippen molar-refractivity contribution in [2.75, 3.05) is 13.1 Å². The second-order valence-corrected chi connectivity index (χ2v) is 8.63. The van der Waals surface area contributed by atoms with Gasteiger partial charge in [-0.2, -0.15) is 4.31 Å². The van der Waals surface area contributed by atoms with E-state index in [1.165, 1.54) is 22.5 Å². The Kier molecular flexibility index (Phi) is 6.11. The molecule has 3 rings (SSSR count). The third-order valence-electron chi connectivity index (χ3n) is 4.70. The molecule has 1 aromatic heterocycles. The molecule has 8 heteroatoms. The molecule has 1 N–H and O–H groups in total. The number of amides is 1. The van der Waals surface area contributed by atoms with Crippen molar-refractivity contribution in [1.82, 2.24) is 14.6 Å². The van der Waals surface area contributed by atoms with Gasteiger partial charge in [0.15, 0.2) is 0 Å². The summed E-state index contributed by atoms with van der Waals surface area (Å²) in [7, 11) is -3.61. The van der Waals surface area contributed by atoms with Crippen molar-refractivity contribution in [2.45, 2.75) is 24.3 Å². The van der Waals surface area contributed by atoms with Gasteiger partial charge < -0.3 is 10.1 Å². The molecule has 0 radical (unpaired) electrons. The van der Waals surface area contributed by atoms with Crippen LogP contribution in [-0.4, -0.2) is 42.7 Å². The van der Waals surface area contributed by atoms with Crippen molar-refractivity contribution in [2.24, 2.45) is 5.92 Å². The van der Waals surface area contributed by atoms with E-state index < -0.39 is 10.0 Å². The number of piperidine rings is 1. The quantitative estimate of drug-likeness (QED) is 0.752. The number of aromatic nitrogens is 1. The monoisotopic (exact) mass is 401 g/mol. The van der Waals surface area contributed by atoms with E-state index in [-0.39, 0.29) is 22.8 Å². The largest absolute Gasteiger partial charge is 0.439 e. The molecule has 2 heterocycles. The summed E-state index contributed by atoms with van der Waals surface area (Å²) < 4.78 is 33.0. The molecule has 2 unspecified atom stereocenters. The maximum atomic E-state index is 13.0. The van der Waals surface area contributed by atoms with Gasteiger partial charge in [-0.15, -0.1) is 0 Å². The van der Waals surface area contributed by atoms with Crippen LogP contribution in [0.5, 0.6) is 11.6 Å². The first-order chi connectivity index (χ1) is 13.4. The molecule has 1 amide bonds. The molecule has 1 aromatic carbocycles. The summed E-state index contributed by atoms with van der Waals surface area (Å²) in [4.78, 5) is 15.8. The van der Waals surface area contributed by atoms with Crippen LogP contribution in [0, 0.1) is 5.92 Å². The van der Waals surface area contributed by atoms with Crippen LogP contribution in [-0.2, 0) is 14.8 Å². The van der Waals surface area contributed by atoms with Gasteiger partial charge in [-0.25, -0.2) is 13.4 Å². The minimum Gasteiger partial charge on any atom is -0.439 e. The van der Waals surface area contributed by atoms with E-state index in [9.17, 15) is 13.2 Å². The number of hydrogen-bond donors (Lipinski definition) is 1. The first kappa shape index (κ1) is 20.0. The highest BCUT2D eigenvalue weighted by molar-refractivity contribution is 7.89. The molecule has 0 bridgehead atoms. The topological polar surface area (TPSA) is 88.6 Å². The maximum absolute atomic E-state index is 13.0. The third-order valence-corrected chi connectivity index (χ3v) is 6.58. The average Bonchev–Trinajstić information content (AvgIpc) is 2.70. The number of hydrogen-bond acceptors (Lipinski definition) is 5. The minimum absolute atomic E-state index is 0.000753. The first-order valence-corrected chi connectivity index (χ1v) is 10.5. The first-order valence-electron chi connectivity index (χ1n) is 9.02. The van der Waals surface area contributed by atoms with E-state index in [1.54, 1.807) is 30.5 Å². The molecular formula is C20H23N3O4S. The van der Waals surface area contributed by atoms with Crippen molar-refractivity contribution in [3.05, 3.63) is 61.3 Å². The predicted molar refractivity (Wildman–Crippen MR) is 105 cm³/mol. The molecule has 1 saturated heterocycles. The van der Waals surface area contributed by atoms with Crippen molar-refractivity contribution in [3.8, 4) is 11.6 Å². The average molecular weight is 401 g/mol. The molecule has 0 saturated carbocycles. The Morgan fingerprint density at radius 2 is 2.04 bits per heavy atom. The van der Waals surface area contributed by atoms with E-state index in [0.29, 0.717) is 31.1 Å². The molecule has 148 valence electrons. The highest BCUT2D eigenvalue weighted by Crippen LogP contribution is 2.26. The summed E-state index contributed by atoms with van der Waals surface area (Å²) >= 11 is 0. The van der Waals surface area contributed by atoms with Gasteiger partial charge in [0, 0.05) is 31.4 Å². The Bertz CT molecular complexity index is 930. The highest BCUT2D eigenvalue weighted by Gasteiger charge is 2.33. The summed E-state index contributed by atoms with van der Waals surface area (Å²) in [5, 5.41) is 2.86. The lowest BCUT2D eigenvalue weighted by Gasteiger charge is -2.36. The fourth-order valence-electron chi connectivity index (χ4n) is 3.14. The standard InChI is InChI=1S/C20H23N3O4S/c1-3-19(24)22-18-11-13-23(14-15(18)2)28(25,26)17-9-7-16(8-10-17)27-20-6-4-5-12-21-20/h3-10,12,15,18H,1,11,13-14H2,2H3,(H,22,24). The van der Waals surface area contributed by atoms with Crippen LogP contribution in [0.15, 0.2) is 66.2 Å². The second-order valence-electron chi connectivity index (χ2n) is 6.69. The number of rotatable bonds is 6. The molecule has 0 aliphatic carbocycles. The number of nitrogens with one attached hydrogen (secondary N) is 1. The van der Waals surface area contributed by atoms with Gasteiger partial charge in [0.1, 0.15) is 5.75 Å². The third kappa shape index (κ3) is 4.58.